The van der Waals surface area contributed by atoms with Gasteiger partial charge in [0.25, 0.3) is 5.89 Å². The highest BCUT2D eigenvalue weighted by atomic mass is 35.5. The SMILES string of the molecule is CC(C)c1noc(COc2ccc(C(C)O)cc2Cl)n1. The van der Waals surface area contributed by atoms with E-state index < -0.39 is 6.10 Å². The zero-order valence-corrected chi connectivity index (χ0v) is 12.4. The molecule has 0 aliphatic rings. The number of aliphatic hydroxyl groups is 1. The lowest BCUT2D eigenvalue weighted by Crippen LogP contribution is -1.98. The number of halogens is 1. The van der Waals surface area contributed by atoms with Crippen LogP contribution in [0.5, 0.6) is 5.75 Å². The molecule has 108 valence electrons. The molecule has 1 N–H and O–H groups in total. The molecule has 1 aromatic heterocycles. The largest absolute Gasteiger partial charge is 0.482 e. The minimum atomic E-state index is -0.564. The van der Waals surface area contributed by atoms with Crippen molar-refractivity contribution in [1.29, 1.82) is 0 Å². The van der Waals surface area contributed by atoms with Crippen LogP contribution >= 0.6 is 11.6 Å². The third kappa shape index (κ3) is 3.49. The van der Waals surface area contributed by atoms with E-state index in [2.05, 4.69) is 10.1 Å². The number of hydrogen-bond acceptors (Lipinski definition) is 5. The smallest absolute Gasteiger partial charge is 0.264 e. The standard InChI is InChI=1S/C14H17ClN2O3/c1-8(2)14-16-13(20-17-14)7-19-12-5-4-10(9(3)18)6-11(12)15/h4-6,8-9,18H,7H2,1-3H3. The summed E-state index contributed by atoms with van der Waals surface area (Å²) in [5.74, 6) is 1.78. The third-order valence-corrected chi connectivity index (χ3v) is 3.09. The van der Waals surface area contributed by atoms with Gasteiger partial charge in [0.2, 0.25) is 0 Å². The minimum Gasteiger partial charge on any atom is -0.482 e. The van der Waals surface area contributed by atoms with E-state index in [9.17, 15) is 5.11 Å². The number of nitrogens with zero attached hydrogens (tertiary/aromatic N) is 2. The molecule has 1 unspecified atom stereocenters. The van der Waals surface area contributed by atoms with Crippen LogP contribution < -0.4 is 4.74 Å². The quantitative estimate of drug-likeness (QED) is 0.915. The van der Waals surface area contributed by atoms with Crippen LogP contribution in [0.2, 0.25) is 5.02 Å². The number of rotatable bonds is 5. The third-order valence-electron chi connectivity index (χ3n) is 2.79. The van der Waals surface area contributed by atoms with E-state index in [4.69, 9.17) is 20.9 Å². The van der Waals surface area contributed by atoms with Gasteiger partial charge in [-0.05, 0) is 24.6 Å². The first-order valence-corrected chi connectivity index (χ1v) is 6.78. The maximum absolute atomic E-state index is 9.47. The molecule has 0 saturated carbocycles. The first-order valence-electron chi connectivity index (χ1n) is 6.40. The van der Waals surface area contributed by atoms with Crippen molar-refractivity contribution in [3.63, 3.8) is 0 Å². The van der Waals surface area contributed by atoms with Crippen LogP contribution in [0.25, 0.3) is 0 Å². The van der Waals surface area contributed by atoms with Crippen molar-refractivity contribution < 1.29 is 14.4 Å². The molecule has 0 spiro atoms. The number of aromatic nitrogens is 2. The molecule has 2 aromatic rings. The molecule has 1 atom stereocenters. The second-order valence-electron chi connectivity index (χ2n) is 4.86. The fourth-order valence-corrected chi connectivity index (χ4v) is 1.84. The fourth-order valence-electron chi connectivity index (χ4n) is 1.59. The van der Waals surface area contributed by atoms with Crippen LogP contribution in [-0.4, -0.2) is 15.2 Å². The molecule has 2 rings (SSSR count). The molecule has 5 nitrogen and oxygen atoms in total. The Hall–Kier alpha value is -1.59. The van der Waals surface area contributed by atoms with Crippen LogP contribution in [0.3, 0.4) is 0 Å². The predicted octanol–water partition coefficient (Wildman–Crippen LogP) is 3.48. The molecule has 0 bridgehead atoms. The second kappa shape index (κ2) is 6.24. The van der Waals surface area contributed by atoms with Gasteiger partial charge in [0.05, 0.1) is 11.1 Å². The molecule has 1 heterocycles. The second-order valence-corrected chi connectivity index (χ2v) is 5.26. The Kier molecular flexibility index (Phi) is 4.62. The summed E-state index contributed by atoms with van der Waals surface area (Å²) in [4.78, 5) is 4.21. The number of ether oxygens (including phenoxy) is 1. The van der Waals surface area contributed by atoms with Crippen molar-refractivity contribution in [2.45, 2.75) is 39.4 Å². The van der Waals surface area contributed by atoms with Gasteiger partial charge in [0.15, 0.2) is 12.4 Å². The summed E-state index contributed by atoms with van der Waals surface area (Å²) < 4.78 is 10.6. The van der Waals surface area contributed by atoms with Gasteiger partial charge >= 0.3 is 0 Å². The van der Waals surface area contributed by atoms with Gasteiger partial charge in [-0.1, -0.05) is 36.7 Å². The van der Waals surface area contributed by atoms with Gasteiger partial charge in [-0.15, -0.1) is 0 Å². The van der Waals surface area contributed by atoms with E-state index in [0.717, 1.165) is 5.56 Å². The summed E-state index contributed by atoms with van der Waals surface area (Å²) in [7, 11) is 0. The Balaban J connectivity index is 2.03. The van der Waals surface area contributed by atoms with Crippen molar-refractivity contribution >= 4 is 11.6 Å². The lowest BCUT2D eigenvalue weighted by molar-refractivity contribution is 0.199. The van der Waals surface area contributed by atoms with Crippen LogP contribution in [0, 0.1) is 0 Å². The van der Waals surface area contributed by atoms with Gasteiger partial charge in [0, 0.05) is 5.92 Å². The van der Waals surface area contributed by atoms with Crippen molar-refractivity contribution in [1.82, 2.24) is 10.1 Å². The zero-order chi connectivity index (χ0) is 14.7. The Morgan fingerprint density at radius 2 is 2.10 bits per heavy atom. The average Bonchev–Trinajstić information content (AvgIpc) is 2.86. The van der Waals surface area contributed by atoms with Gasteiger partial charge in [0.1, 0.15) is 5.75 Å². The van der Waals surface area contributed by atoms with Crippen LogP contribution in [-0.2, 0) is 6.61 Å². The summed E-state index contributed by atoms with van der Waals surface area (Å²) in [5.41, 5.74) is 0.738. The molecule has 0 radical (unpaired) electrons. The topological polar surface area (TPSA) is 68.4 Å². The Labute approximate surface area is 122 Å². The van der Waals surface area contributed by atoms with Crippen molar-refractivity contribution in [2.75, 3.05) is 0 Å². The molecule has 0 aliphatic heterocycles. The summed E-state index contributed by atoms with van der Waals surface area (Å²) in [5, 5.41) is 13.8. The number of hydrogen-bond donors (Lipinski definition) is 1. The van der Waals surface area contributed by atoms with Crippen LogP contribution in [0.15, 0.2) is 22.7 Å². The predicted molar refractivity (Wildman–Crippen MR) is 74.8 cm³/mol. The molecular formula is C14H17ClN2O3. The van der Waals surface area contributed by atoms with Crippen molar-refractivity contribution in [3.05, 3.63) is 40.5 Å². The average molecular weight is 297 g/mol. The molecule has 1 aromatic carbocycles. The van der Waals surface area contributed by atoms with Crippen molar-refractivity contribution in [2.24, 2.45) is 0 Å². The number of aliphatic hydroxyl groups excluding tert-OH is 1. The highest BCUT2D eigenvalue weighted by molar-refractivity contribution is 6.32. The van der Waals surface area contributed by atoms with Crippen LogP contribution in [0.4, 0.5) is 0 Å². The Morgan fingerprint density at radius 1 is 1.35 bits per heavy atom. The lowest BCUT2D eigenvalue weighted by atomic mass is 10.1. The van der Waals surface area contributed by atoms with Gasteiger partial charge in [-0.3, -0.25) is 0 Å². The maximum atomic E-state index is 9.47. The highest BCUT2D eigenvalue weighted by Crippen LogP contribution is 2.28. The van der Waals surface area contributed by atoms with Gasteiger partial charge in [-0.25, -0.2) is 0 Å². The van der Waals surface area contributed by atoms with E-state index >= 15 is 0 Å². The highest BCUT2D eigenvalue weighted by Gasteiger charge is 2.11. The normalized spacial score (nSPS) is 12.7. The first kappa shape index (κ1) is 14.8. The lowest BCUT2D eigenvalue weighted by Gasteiger charge is -2.09. The minimum absolute atomic E-state index is 0.160. The van der Waals surface area contributed by atoms with Gasteiger partial charge in [-0.2, -0.15) is 4.98 Å². The summed E-state index contributed by atoms with van der Waals surface area (Å²) in [6.07, 6.45) is -0.564. The summed E-state index contributed by atoms with van der Waals surface area (Å²) in [6, 6.07) is 5.15. The maximum Gasteiger partial charge on any atom is 0.264 e. The van der Waals surface area contributed by atoms with Crippen molar-refractivity contribution in [3.8, 4) is 5.75 Å². The van der Waals surface area contributed by atoms with Gasteiger partial charge < -0.3 is 14.4 Å². The van der Waals surface area contributed by atoms with E-state index in [1.165, 1.54) is 0 Å². The number of benzene rings is 1. The molecule has 0 saturated heterocycles. The van der Waals surface area contributed by atoms with E-state index in [-0.39, 0.29) is 12.5 Å². The Morgan fingerprint density at radius 3 is 2.65 bits per heavy atom. The fraction of sp³-hybridized carbons (Fsp3) is 0.429. The van der Waals surface area contributed by atoms with Crippen LogP contribution in [0.1, 0.15) is 50.1 Å². The Bertz CT molecular complexity index is 582. The summed E-state index contributed by atoms with van der Waals surface area (Å²) in [6.45, 7) is 5.81. The van der Waals surface area contributed by atoms with E-state index in [1.54, 1.807) is 25.1 Å². The molecular weight excluding hydrogens is 280 g/mol. The monoisotopic (exact) mass is 296 g/mol. The molecule has 20 heavy (non-hydrogen) atoms. The summed E-state index contributed by atoms with van der Waals surface area (Å²) >= 11 is 6.09. The molecule has 0 fully saturated rings. The molecule has 6 heteroatoms. The first-order chi connectivity index (χ1) is 9.47. The van der Waals surface area contributed by atoms with E-state index in [1.807, 2.05) is 13.8 Å². The molecule has 0 aliphatic carbocycles. The van der Waals surface area contributed by atoms with E-state index in [0.29, 0.717) is 22.5 Å². The zero-order valence-electron chi connectivity index (χ0n) is 11.6. The molecule has 0 amide bonds.